The molecule has 2 amide bonds. The van der Waals surface area contributed by atoms with Gasteiger partial charge in [-0.25, -0.2) is 14.8 Å². The minimum atomic E-state index is -0.326. The smallest absolute Gasteiger partial charge is 0.308 e. The van der Waals surface area contributed by atoms with Crippen LogP contribution in [0, 0.1) is 6.92 Å². The molecule has 0 aliphatic heterocycles. The van der Waals surface area contributed by atoms with Gasteiger partial charge in [-0.15, -0.1) is 0 Å². The molecule has 0 saturated carbocycles. The molecule has 0 spiro atoms. The number of urea groups is 1. The van der Waals surface area contributed by atoms with Crippen molar-refractivity contribution in [2.75, 3.05) is 10.6 Å². The maximum absolute atomic E-state index is 12.1. The number of nitrogens with one attached hydrogen (secondary N) is 2. The molecule has 120 valence electrons. The van der Waals surface area contributed by atoms with E-state index in [0.29, 0.717) is 16.4 Å². The van der Waals surface area contributed by atoms with Gasteiger partial charge in [0.15, 0.2) is 0 Å². The number of halogens is 1. The number of hydrogen-bond acceptors (Lipinski definition) is 3. The first-order valence-corrected chi connectivity index (χ1v) is 7.70. The molecule has 1 aromatic heterocycles. The van der Waals surface area contributed by atoms with Gasteiger partial charge in [0.25, 0.3) is 0 Å². The maximum Gasteiger partial charge on any atom is 0.323 e. The highest BCUT2D eigenvalue weighted by atomic mass is 35.5. The van der Waals surface area contributed by atoms with Crippen molar-refractivity contribution < 1.29 is 4.79 Å². The van der Waals surface area contributed by atoms with Crippen LogP contribution in [-0.4, -0.2) is 16.0 Å². The van der Waals surface area contributed by atoms with Crippen LogP contribution in [-0.2, 0) is 0 Å². The number of amides is 2. The number of carbonyl (C=O) groups is 1. The Morgan fingerprint density at radius 1 is 0.958 bits per heavy atom. The summed E-state index contributed by atoms with van der Waals surface area (Å²) in [5.74, 6) is 0. The predicted octanol–water partition coefficient (Wildman–Crippen LogP) is 4.75. The van der Waals surface area contributed by atoms with Gasteiger partial charge >= 0.3 is 6.03 Å². The van der Waals surface area contributed by atoms with E-state index in [4.69, 9.17) is 11.6 Å². The standard InChI is InChI=1S/C18H15ClN4O/c1-12-9-17(21-11-20-12)13-3-2-4-16(10-13)23-18(24)22-15-7-5-14(19)6-8-15/h2-11H,1H3,(H2,22,23,24). The SMILES string of the molecule is Cc1cc(-c2cccc(NC(=O)Nc3ccc(Cl)cc3)c2)ncn1. The van der Waals surface area contributed by atoms with Gasteiger partial charge in [0.2, 0.25) is 0 Å². The fraction of sp³-hybridized carbons (Fsp3) is 0.0556. The number of hydrogen-bond donors (Lipinski definition) is 2. The Kier molecular flexibility index (Phi) is 4.72. The minimum Gasteiger partial charge on any atom is -0.308 e. The quantitative estimate of drug-likeness (QED) is 0.724. The summed E-state index contributed by atoms with van der Waals surface area (Å²) < 4.78 is 0. The Morgan fingerprint density at radius 3 is 2.46 bits per heavy atom. The minimum absolute atomic E-state index is 0.326. The summed E-state index contributed by atoms with van der Waals surface area (Å²) in [6, 6.07) is 16.0. The summed E-state index contributed by atoms with van der Waals surface area (Å²) in [7, 11) is 0. The summed E-state index contributed by atoms with van der Waals surface area (Å²) >= 11 is 5.83. The molecule has 0 aliphatic rings. The zero-order valence-electron chi connectivity index (χ0n) is 13.0. The second kappa shape index (κ2) is 7.10. The van der Waals surface area contributed by atoms with Gasteiger partial charge in [-0.2, -0.15) is 0 Å². The van der Waals surface area contributed by atoms with Crippen molar-refractivity contribution >= 4 is 29.0 Å². The van der Waals surface area contributed by atoms with Crippen molar-refractivity contribution in [3.8, 4) is 11.3 Å². The third-order valence-electron chi connectivity index (χ3n) is 3.32. The lowest BCUT2D eigenvalue weighted by molar-refractivity contribution is 0.262. The summed E-state index contributed by atoms with van der Waals surface area (Å²) in [4.78, 5) is 20.4. The highest BCUT2D eigenvalue weighted by Gasteiger charge is 2.05. The summed E-state index contributed by atoms with van der Waals surface area (Å²) in [5, 5.41) is 6.17. The fourth-order valence-electron chi connectivity index (χ4n) is 2.20. The van der Waals surface area contributed by atoms with Crippen LogP contribution in [0.1, 0.15) is 5.69 Å². The Hall–Kier alpha value is -2.92. The van der Waals surface area contributed by atoms with Crippen LogP contribution < -0.4 is 10.6 Å². The third-order valence-corrected chi connectivity index (χ3v) is 3.57. The van der Waals surface area contributed by atoms with Crippen molar-refractivity contribution in [3.05, 3.63) is 71.6 Å². The van der Waals surface area contributed by atoms with Gasteiger partial charge in [-0.3, -0.25) is 0 Å². The number of anilines is 2. The normalized spacial score (nSPS) is 10.2. The summed E-state index contributed by atoms with van der Waals surface area (Å²) in [5.41, 5.74) is 3.95. The van der Waals surface area contributed by atoms with Gasteiger partial charge < -0.3 is 10.6 Å². The van der Waals surface area contributed by atoms with E-state index in [2.05, 4.69) is 20.6 Å². The number of benzene rings is 2. The van der Waals surface area contributed by atoms with Gasteiger partial charge in [-0.05, 0) is 49.4 Å². The Morgan fingerprint density at radius 2 is 1.71 bits per heavy atom. The number of rotatable bonds is 3. The third kappa shape index (κ3) is 4.08. The van der Waals surface area contributed by atoms with E-state index in [1.165, 1.54) is 6.33 Å². The Balaban J connectivity index is 1.72. The molecule has 0 radical (unpaired) electrons. The summed E-state index contributed by atoms with van der Waals surface area (Å²) in [6.07, 6.45) is 1.53. The molecule has 0 unspecified atom stereocenters. The van der Waals surface area contributed by atoms with Crippen LogP contribution in [0.5, 0.6) is 0 Å². The lowest BCUT2D eigenvalue weighted by Gasteiger charge is -2.09. The van der Waals surface area contributed by atoms with Gasteiger partial charge in [0.05, 0.1) is 5.69 Å². The predicted molar refractivity (Wildman–Crippen MR) is 96.3 cm³/mol. The molecule has 24 heavy (non-hydrogen) atoms. The van der Waals surface area contributed by atoms with Gasteiger partial charge in [0.1, 0.15) is 6.33 Å². The first-order valence-electron chi connectivity index (χ1n) is 7.33. The molecule has 0 atom stereocenters. The largest absolute Gasteiger partial charge is 0.323 e. The Labute approximate surface area is 144 Å². The average molecular weight is 339 g/mol. The van der Waals surface area contributed by atoms with Crippen LogP contribution in [0.15, 0.2) is 60.9 Å². The monoisotopic (exact) mass is 338 g/mol. The number of carbonyl (C=O) groups excluding carboxylic acids is 1. The molecule has 2 N–H and O–H groups in total. The molecule has 3 rings (SSSR count). The Bertz CT molecular complexity index is 865. The van der Waals surface area contributed by atoms with Crippen molar-refractivity contribution in [2.45, 2.75) is 6.92 Å². The molecule has 0 saturated heterocycles. The highest BCUT2D eigenvalue weighted by Crippen LogP contribution is 2.21. The second-order valence-electron chi connectivity index (χ2n) is 5.21. The average Bonchev–Trinajstić information content (AvgIpc) is 2.57. The molecular formula is C18H15ClN4O. The van der Waals surface area contributed by atoms with E-state index in [1.54, 1.807) is 24.3 Å². The number of aromatic nitrogens is 2. The second-order valence-corrected chi connectivity index (χ2v) is 5.65. The lowest BCUT2D eigenvalue weighted by atomic mass is 10.1. The van der Waals surface area contributed by atoms with Crippen LogP contribution >= 0.6 is 11.6 Å². The van der Waals surface area contributed by atoms with E-state index in [-0.39, 0.29) is 6.03 Å². The zero-order chi connectivity index (χ0) is 16.9. The molecule has 3 aromatic rings. The molecule has 0 fully saturated rings. The molecule has 0 bridgehead atoms. The van der Waals surface area contributed by atoms with Crippen LogP contribution in [0.2, 0.25) is 5.02 Å². The first kappa shape index (κ1) is 16.0. The highest BCUT2D eigenvalue weighted by molar-refractivity contribution is 6.30. The number of nitrogens with zero attached hydrogens (tertiary/aromatic N) is 2. The molecule has 1 heterocycles. The van der Waals surface area contributed by atoms with Crippen LogP contribution in [0.25, 0.3) is 11.3 Å². The molecular weight excluding hydrogens is 324 g/mol. The van der Waals surface area contributed by atoms with E-state index in [0.717, 1.165) is 17.0 Å². The number of aryl methyl sites for hydroxylation is 1. The van der Waals surface area contributed by atoms with Gasteiger partial charge in [0, 0.05) is 27.7 Å². The van der Waals surface area contributed by atoms with Crippen molar-refractivity contribution in [2.24, 2.45) is 0 Å². The van der Waals surface area contributed by atoms with E-state index in [1.807, 2.05) is 37.3 Å². The van der Waals surface area contributed by atoms with Crippen molar-refractivity contribution in [1.82, 2.24) is 9.97 Å². The molecule has 6 heteroatoms. The topological polar surface area (TPSA) is 66.9 Å². The van der Waals surface area contributed by atoms with Gasteiger partial charge in [-0.1, -0.05) is 23.7 Å². The van der Waals surface area contributed by atoms with E-state index >= 15 is 0 Å². The molecule has 2 aromatic carbocycles. The molecule has 0 aliphatic carbocycles. The molecule has 5 nitrogen and oxygen atoms in total. The lowest BCUT2D eigenvalue weighted by Crippen LogP contribution is -2.19. The maximum atomic E-state index is 12.1. The van der Waals surface area contributed by atoms with E-state index < -0.39 is 0 Å². The first-order chi connectivity index (χ1) is 11.6. The van der Waals surface area contributed by atoms with E-state index in [9.17, 15) is 4.79 Å². The van der Waals surface area contributed by atoms with Crippen molar-refractivity contribution in [1.29, 1.82) is 0 Å². The summed E-state index contributed by atoms with van der Waals surface area (Å²) in [6.45, 7) is 1.91. The fourth-order valence-corrected chi connectivity index (χ4v) is 2.32. The van der Waals surface area contributed by atoms with Crippen LogP contribution in [0.3, 0.4) is 0 Å². The van der Waals surface area contributed by atoms with Crippen LogP contribution in [0.4, 0.5) is 16.2 Å². The van der Waals surface area contributed by atoms with Crippen molar-refractivity contribution in [3.63, 3.8) is 0 Å². The zero-order valence-corrected chi connectivity index (χ0v) is 13.7.